The number of hydrogen-bond acceptors (Lipinski definition) is 4. The van der Waals surface area contributed by atoms with Crippen LogP contribution in [0.1, 0.15) is 47.9 Å². The van der Waals surface area contributed by atoms with E-state index < -0.39 is 40.6 Å². The smallest absolute Gasteiger partial charge is 0.313 e. The Morgan fingerprint density at radius 1 is 0.933 bits per heavy atom. The van der Waals surface area contributed by atoms with Crippen LogP contribution in [0.15, 0.2) is 48.7 Å². The zero-order valence-corrected chi connectivity index (χ0v) is 24.4. The van der Waals surface area contributed by atoms with Gasteiger partial charge in [-0.2, -0.15) is 26.3 Å². The molecular weight excluding hydrogens is 605 g/mol. The molecule has 3 aliphatic rings. The number of rotatable bonds is 5. The van der Waals surface area contributed by atoms with E-state index in [4.69, 9.17) is 0 Å². The fourth-order valence-corrected chi connectivity index (χ4v) is 6.53. The van der Waals surface area contributed by atoms with E-state index in [9.17, 15) is 40.3 Å². The number of hydrogen-bond donors (Lipinski definition) is 0. The lowest BCUT2D eigenvalue weighted by Crippen LogP contribution is -2.54. The summed E-state index contributed by atoms with van der Waals surface area (Å²) in [4.78, 5) is 36.8. The lowest BCUT2D eigenvalue weighted by Gasteiger charge is -2.36. The first kappa shape index (κ1) is 31.0. The number of carbonyl (C=O) groups excluding carboxylic acids is 2. The molecule has 238 valence electrons. The van der Waals surface area contributed by atoms with Crippen molar-refractivity contribution in [3.05, 3.63) is 76.7 Å². The molecule has 0 radical (unpaired) electrons. The minimum absolute atomic E-state index is 0.0402. The predicted molar refractivity (Wildman–Crippen MR) is 152 cm³/mol. The molecule has 1 aromatic heterocycles. The molecule has 1 atom stereocenters. The summed E-state index contributed by atoms with van der Waals surface area (Å²) in [6, 6.07) is 6.66. The maximum atomic E-state index is 14.1. The molecule has 2 aliphatic heterocycles. The molecule has 2 aromatic carbocycles. The van der Waals surface area contributed by atoms with Crippen LogP contribution in [0.3, 0.4) is 0 Å². The van der Waals surface area contributed by atoms with Crippen LogP contribution in [0.5, 0.6) is 0 Å². The van der Waals surface area contributed by atoms with Crippen molar-refractivity contribution in [3.8, 4) is 11.1 Å². The summed E-state index contributed by atoms with van der Waals surface area (Å²) in [5.74, 6) is -0.983. The largest absolute Gasteiger partial charge is 0.416 e. The normalized spacial score (nSPS) is 19.9. The molecule has 0 bridgehead atoms. The van der Waals surface area contributed by atoms with Crippen LogP contribution in [0, 0.1) is 12.7 Å². The Labute approximate surface area is 254 Å². The monoisotopic (exact) mass is 634 g/mol. The quantitative estimate of drug-likeness (QED) is 0.292. The van der Waals surface area contributed by atoms with Crippen molar-refractivity contribution in [3.63, 3.8) is 0 Å². The molecule has 13 heteroatoms. The molecule has 3 fully saturated rings. The maximum absolute atomic E-state index is 14.1. The second kappa shape index (κ2) is 10.8. The first-order chi connectivity index (χ1) is 21.1. The van der Waals surface area contributed by atoms with E-state index in [1.807, 2.05) is 0 Å². The Balaban J connectivity index is 1.42. The fraction of sp³-hybridized carbons (Fsp3) is 0.406. The van der Waals surface area contributed by atoms with Crippen molar-refractivity contribution in [2.24, 2.45) is 0 Å². The van der Waals surface area contributed by atoms with Gasteiger partial charge in [-0.15, -0.1) is 0 Å². The summed E-state index contributed by atoms with van der Waals surface area (Å²) in [5.41, 5.74) is -3.32. The van der Waals surface area contributed by atoms with Crippen LogP contribution in [-0.4, -0.2) is 54.4 Å². The molecule has 1 saturated carbocycles. The van der Waals surface area contributed by atoms with E-state index in [2.05, 4.69) is 9.88 Å². The Hall–Kier alpha value is -4.00. The fourth-order valence-electron chi connectivity index (χ4n) is 6.53. The summed E-state index contributed by atoms with van der Waals surface area (Å²) in [6.45, 7) is 3.54. The lowest BCUT2D eigenvalue weighted by molar-refractivity contribution is -0.143. The van der Waals surface area contributed by atoms with Gasteiger partial charge in [0.05, 0.1) is 34.5 Å². The standard InChI is InChI=1S/C32H29F7N4O2/c1-18-12-22(33)5-6-23(18)24-16-27(43-11-10-42-9-3-4-25(42)28(43)44)40-17-26(24)41(2)29(45)30(7-8-30)19-13-20(31(34,35)36)15-21(14-19)32(37,38)39/h5-6,12-17,25H,3-4,7-11H2,1-2H3/t25-/m0/s1. The number of piperazine rings is 1. The number of amides is 2. The molecule has 2 saturated heterocycles. The van der Waals surface area contributed by atoms with E-state index in [1.165, 1.54) is 36.3 Å². The minimum Gasteiger partial charge on any atom is -0.313 e. The Morgan fingerprint density at radius 2 is 1.60 bits per heavy atom. The number of halogens is 7. The molecule has 45 heavy (non-hydrogen) atoms. The molecule has 6 nitrogen and oxygen atoms in total. The van der Waals surface area contributed by atoms with Crippen molar-refractivity contribution < 1.29 is 40.3 Å². The second-order valence-corrected chi connectivity index (χ2v) is 11.9. The number of aryl methyl sites for hydroxylation is 1. The molecule has 1 aliphatic carbocycles. The van der Waals surface area contributed by atoms with Gasteiger partial charge in [0.25, 0.3) is 0 Å². The number of fused-ring (bicyclic) bond motifs is 1. The number of pyridine rings is 1. The predicted octanol–water partition coefficient (Wildman–Crippen LogP) is 6.74. The summed E-state index contributed by atoms with van der Waals surface area (Å²) >= 11 is 0. The van der Waals surface area contributed by atoms with Gasteiger partial charge in [0.2, 0.25) is 11.8 Å². The minimum atomic E-state index is -5.06. The topological polar surface area (TPSA) is 56.8 Å². The maximum Gasteiger partial charge on any atom is 0.416 e. The van der Waals surface area contributed by atoms with Gasteiger partial charge in [-0.3, -0.25) is 19.4 Å². The van der Waals surface area contributed by atoms with Gasteiger partial charge >= 0.3 is 12.4 Å². The zero-order valence-electron chi connectivity index (χ0n) is 24.4. The van der Waals surface area contributed by atoms with Crippen molar-refractivity contribution in [1.29, 1.82) is 0 Å². The Bertz CT molecular complexity index is 1650. The van der Waals surface area contributed by atoms with E-state index in [0.29, 0.717) is 47.7 Å². The molecule has 3 aromatic rings. The third-order valence-electron chi connectivity index (χ3n) is 9.11. The van der Waals surface area contributed by atoms with Gasteiger partial charge in [-0.1, -0.05) is 6.07 Å². The lowest BCUT2D eigenvalue weighted by atomic mass is 9.90. The van der Waals surface area contributed by atoms with Gasteiger partial charge in [-0.05, 0) is 92.2 Å². The van der Waals surface area contributed by atoms with Crippen LogP contribution in [0.2, 0.25) is 0 Å². The van der Waals surface area contributed by atoms with Crippen LogP contribution in [0.25, 0.3) is 11.1 Å². The van der Waals surface area contributed by atoms with Crippen molar-refractivity contribution in [2.75, 3.05) is 36.5 Å². The third kappa shape index (κ3) is 5.55. The molecular formula is C32H29F7N4O2. The molecule has 2 amide bonds. The molecule has 3 heterocycles. The summed E-state index contributed by atoms with van der Waals surface area (Å²) in [6.07, 6.45) is -7.03. The zero-order chi connectivity index (χ0) is 32.5. The van der Waals surface area contributed by atoms with Crippen LogP contribution < -0.4 is 9.80 Å². The van der Waals surface area contributed by atoms with Crippen LogP contribution in [0.4, 0.5) is 42.2 Å². The highest BCUT2D eigenvalue weighted by molar-refractivity contribution is 6.06. The van der Waals surface area contributed by atoms with Crippen molar-refractivity contribution in [2.45, 2.75) is 56.4 Å². The van der Waals surface area contributed by atoms with E-state index in [-0.39, 0.29) is 42.1 Å². The number of carbonyl (C=O) groups is 2. The second-order valence-electron chi connectivity index (χ2n) is 11.9. The number of alkyl halides is 6. The molecule has 0 N–H and O–H groups in total. The molecule has 0 spiro atoms. The number of benzene rings is 2. The van der Waals surface area contributed by atoms with Crippen LogP contribution >= 0.6 is 0 Å². The average molecular weight is 635 g/mol. The van der Waals surface area contributed by atoms with Crippen LogP contribution in [-0.2, 0) is 27.4 Å². The Morgan fingerprint density at radius 3 is 2.20 bits per heavy atom. The van der Waals surface area contributed by atoms with E-state index >= 15 is 0 Å². The number of anilines is 2. The number of nitrogens with zero attached hydrogens (tertiary/aromatic N) is 4. The van der Waals surface area contributed by atoms with Crippen molar-refractivity contribution in [1.82, 2.24) is 9.88 Å². The highest BCUT2D eigenvalue weighted by Gasteiger charge is 2.54. The molecule has 0 unspecified atom stereocenters. The SMILES string of the molecule is Cc1cc(F)ccc1-c1cc(N2CCN3CCC[C@H]3C2=O)ncc1N(C)C(=O)C1(c2cc(C(F)(F)F)cc(C(F)(F)F)c2)CC1. The van der Waals surface area contributed by atoms with Gasteiger partial charge < -0.3 is 4.90 Å². The number of likely N-dealkylation sites (N-methyl/N-ethyl adjacent to an activating group) is 1. The summed E-state index contributed by atoms with van der Waals surface area (Å²) in [5, 5.41) is 0. The number of aromatic nitrogens is 1. The van der Waals surface area contributed by atoms with Gasteiger partial charge in [-0.25, -0.2) is 9.37 Å². The first-order valence-electron chi connectivity index (χ1n) is 14.5. The van der Waals surface area contributed by atoms with E-state index in [0.717, 1.165) is 19.4 Å². The van der Waals surface area contributed by atoms with E-state index in [1.54, 1.807) is 17.9 Å². The third-order valence-corrected chi connectivity index (χ3v) is 9.11. The highest BCUT2D eigenvalue weighted by atomic mass is 19.4. The van der Waals surface area contributed by atoms with Gasteiger partial charge in [0, 0.05) is 25.7 Å². The first-order valence-corrected chi connectivity index (χ1v) is 14.5. The Kier molecular flexibility index (Phi) is 7.45. The highest BCUT2D eigenvalue weighted by Crippen LogP contribution is 2.52. The molecule has 6 rings (SSSR count). The van der Waals surface area contributed by atoms with Gasteiger partial charge in [0.15, 0.2) is 0 Å². The average Bonchev–Trinajstić information content (AvgIpc) is 3.65. The van der Waals surface area contributed by atoms with Crippen molar-refractivity contribution >= 4 is 23.3 Å². The summed E-state index contributed by atoms with van der Waals surface area (Å²) in [7, 11) is 1.38. The summed E-state index contributed by atoms with van der Waals surface area (Å²) < 4.78 is 95.9. The van der Waals surface area contributed by atoms with Gasteiger partial charge in [0.1, 0.15) is 11.6 Å².